The highest BCUT2D eigenvalue weighted by Gasteiger charge is 2.33. The van der Waals surface area contributed by atoms with Gasteiger partial charge in [-0.25, -0.2) is 0 Å². The van der Waals surface area contributed by atoms with Crippen molar-refractivity contribution in [2.24, 2.45) is 0 Å². The van der Waals surface area contributed by atoms with Crippen LogP contribution >= 0.6 is 0 Å². The second-order valence-corrected chi connectivity index (χ2v) is 7.56. The summed E-state index contributed by atoms with van der Waals surface area (Å²) in [6.07, 6.45) is 7.45. The van der Waals surface area contributed by atoms with Gasteiger partial charge in [0, 0.05) is 35.6 Å². The van der Waals surface area contributed by atoms with Crippen LogP contribution in [0.25, 0.3) is 22.4 Å². The molecule has 2 heterocycles. The Morgan fingerprint density at radius 3 is 2.41 bits per heavy atom. The zero-order valence-electron chi connectivity index (χ0n) is 15.3. The van der Waals surface area contributed by atoms with E-state index in [4.69, 9.17) is 4.74 Å². The zero-order chi connectivity index (χ0) is 18.2. The molecule has 1 aromatic heterocycles. The van der Waals surface area contributed by atoms with Crippen molar-refractivity contribution in [1.29, 1.82) is 0 Å². The molecular weight excluding hydrogens is 334 g/mol. The number of aliphatic hydroxyl groups excluding tert-OH is 1. The summed E-state index contributed by atoms with van der Waals surface area (Å²) in [5, 5.41) is 10.7. The fraction of sp³-hybridized carbons (Fsp3) is 0.292. The van der Waals surface area contributed by atoms with Gasteiger partial charge in [0.1, 0.15) is 5.75 Å². The number of ether oxygens (including phenoxy) is 1. The molecule has 0 bridgehead atoms. The van der Waals surface area contributed by atoms with Gasteiger partial charge >= 0.3 is 0 Å². The van der Waals surface area contributed by atoms with Crippen molar-refractivity contribution in [3.05, 3.63) is 72.4 Å². The van der Waals surface area contributed by atoms with Crippen molar-refractivity contribution >= 4 is 0 Å². The van der Waals surface area contributed by atoms with Crippen LogP contribution in [0.2, 0.25) is 0 Å². The van der Waals surface area contributed by atoms with Gasteiger partial charge in [-0.15, -0.1) is 0 Å². The molecule has 1 aliphatic carbocycles. The van der Waals surface area contributed by atoms with Crippen LogP contribution in [0.3, 0.4) is 0 Å². The molecule has 0 spiro atoms. The zero-order valence-corrected chi connectivity index (χ0v) is 15.3. The normalized spacial score (nSPS) is 19.1. The van der Waals surface area contributed by atoms with Crippen LogP contribution in [-0.4, -0.2) is 5.11 Å². The first-order valence-corrected chi connectivity index (χ1v) is 9.90. The van der Waals surface area contributed by atoms with Crippen LogP contribution in [0.1, 0.15) is 50.0 Å². The highest BCUT2D eigenvalue weighted by molar-refractivity contribution is 5.77. The molecule has 1 N–H and O–H groups in total. The number of fused-ring (bicyclic) bond motifs is 3. The fourth-order valence-electron chi connectivity index (χ4n) is 4.49. The van der Waals surface area contributed by atoms with Crippen molar-refractivity contribution in [3.8, 4) is 28.1 Å². The van der Waals surface area contributed by atoms with E-state index in [1.807, 2.05) is 18.2 Å². The number of nitrogens with zero attached hydrogens (tertiary/aromatic N) is 1. The molecular formula is C24H24NO2+. The molecule has 2 aromatic carbocycles. The Bertz CT molecular complexity index is 961. The Kier molecular flexibility index (Phi) is 4.17. The fourth-order valence-corrected chi connectivity index (χ4v) is 4.49. The Labute approximate surface area is 159 Å². The molecule has 0 radical (unpaired) electrons. The summed E-state index contributed by atoms with van der Waals surface area (Å²) >= 11 is 0. The van der Waals surface area contributed by atoms with E-state index in [-0.39, 0.29) is 0 Å². The van der Waals surface area contributed by atoms with Crippen molar-refractivity contribution in [2.45, 2.75) is 44.4 Å². The molecule has 0 saturated heterocycles. The van der Waals surface area contributed by atoms with E-state index in [0.29, 0.717) is 6.04 Å². The van der Waals surface area contributed by atoms with Crippen molar-refractivity contribution < 1.29 is 14.4 Å². The van der Waals surface area contributed by atoms with Crippen LogP contribution in [0.5, 0.6) is 5.75 Å². The van der Waals surface area contributed by atoms with E-state index in [1.54, 1.807) is 0 Å². The number of aromatic nitrogens is 1. The monoisotopic (exact) mass is 358 g/mol. The summed E-state index contributed by atoms with van der Waals surface area (Å²) < 4.78 is 8.17. The van der Waals surface area contributed by atoms with E-state index in [9.17, 15) is 5.11 Å². The molecule has 1 atom stereocenters. The predicted octanol–water partition coefficient (Wildman–Crippen LogP) is 5.20. The van der Waals surface area contributed by atoms with Crippen molar-refractivity contribution in [2.75, 3.05) is 0 Å². The SMILES string of the molecule is OC1Oc2ccccc2-c2cc(-c3ccccc3)[n+](C3CCCCC3)cc21. The van der Waals surface area contributed by atoms with Crippen molar-refractivity contribution in [1.82, 2.24) is 0 Å². The van der Waals surface area contributed by atoms with Crippen LogP contribution in [0.15, 0.2) is 66.9 Å². The molecule has 3 nitrogen and oxygen atoms in total. The number of rotatable bonds is 2. The van der Waals surface area contributed by atoms with Crippen LogP contribution in [0, 0.1) is 0 Å². The van der Waals surface area contributed by atoms with Gasteiger partial charge in [0.2, 0.25) is 12.0 Å². The van der Waals surface area contributed by atoms with Gasteiger partial charge in [-0.2, -0.15) is 4.57 Å². The van der Waals surface area contributed by atoms with E-state index < -0.39 is 6.29 Å². The molecule has 1 unspecified atom stereocenters. The standard InChI is InChI=1S/C24H24NO2/c26-24-21-16-25(18-11-5-2-6-12-18)22(17-9-3-1-4-10-17)15-20(21)19-13-7-8-14-23(19)27-24/h1,3-4,7-10,13-16,18,24,26H,2,5-6,11-12H2/q+1. The van der Waals surface area contributed by atoms with E-state index in [0.717, 1.165) is 22.4 Å². The number of hydrogen-bond donors (Lipinski definition) is 1. The third kappa shape index (κ3) is 2.92. The number of hydrogen-bond acceptors (Lipinski definition) is 2. The molecule has 2 aliphatic rings. The van der Waals surface area contributed by atoms with Crippen molar-refractivity contribution in [3.63, 3.8) is 0 Å². The number of pyridine rings is 1. The first kappa shape index (κ1) is 16.5. The van der Waals surface area contributed by atoms with Gasteiger partial charge < -0.3 is 9.84 Å². The minimum Gasteiger partial charge on any atom is -0.460 e. The number of para-hydroxylation sites is 1. The summed E-state index contributed by atoms with van der Waals surface area (Å²) in [5.74, 6) is 0.743. The summed E-state index contributed by atoms with van der Waals surface area (Å²) in [5.41, 5.74) is 5.40. The smallest absolute Gasteiger partial charge is 0.230 e. The lowest BCUT2D eigenvalue weighted by atomic mass is 9.91. The summed E-state index contributed by atoms with van der Waals surface area (Å²) in [6, 6.07) is 21.2. The van der Waals surface area contributed by atoms with Crippen LogP contribution < -0.4 is 9.30 Å². The van der Waals surface area contributed by atoms with Gasteiger partial charge in [-0.3, -0.25) is 0 Å². The molecule has 3 aromatic rings. The van der Waals surface area contributed by atoms with E-state index in [1.165, 1.54) is 43.4 Å². The maximum Gasteiger partial charge on any atom is 0.230 e. The minimum atomic E-state index is -0.922. The quantitative estimate of drug-likeness (QED) is 0.639. The lowest BCUT2D eigenvalue weighted by Crippen LogP contribution is -2.43. The van der Waals surface area contributed by atoms with Crippen LogP contribution in [-0.2, 0) is 0 Å². The summed E-state index contributed by atoms with van der Waals surface area (Å²) in [6.45, 7) is 0. The van der Waals surface area contributed by atoms with Gasteiger partial charge in [0.15, 0.2) is 12.2 Å². The third-order valence-electron chi connectivity index (χ3n) is 5.87. The average Bonchev–Trinajstić information content (AvgIpc) is 2.74. The Morgan fingerprint density at radius 1 is 0.852 bits per heavy atom. The highest BCUT2D eigenvalue weighted by Crippen LogP contribution is 2.42. The maximum atomic E-state index is 10.7. The molecule has 1 aliphatic heterocycles. The second kappa shape index (κ2) is 6.82. The summed E-state index contributed by atoms with van der Waals surface area (Å²) in [4.78, 5) is 0. The van der Waals surface area contributed by atoms with Gasteiger partial charge in [0.05, 0.1) is 5.56 Å². The molecule has 1 saturated carbocycles. The largest absolute Gasteiger partial charge is 0.460 e. The first-order valence-electron chi connectivity index (χ1n) is 9.90. The minimum absolute atomic E-state index is 0.476. The molecule has 5 rings (SSSR count). The van der Waals surface area contributed by atoms with E-state index >= 15 is 0 Å². The van der Waals surface area contributed by atoms with Gasteiger partial charge in [-0.05, 0) is 31.0 Å². The number of benzene rings is 2. The average molecular weight is 358 g/mol. The number of aliphatic hydroxyl groups is 1. The lowest BCUT2D eigenvalue weighted by molar-refractivity contribution is -0.716. The maximum absolute atomic E-state index is 10.7. The first-order chi connectivity index (χ1) is 13.3. The van der Waals surface area contributed by atoms with Gasteiger partial charge in [0.25, 0.3) is 0 Å². The molecule has 1 fully saturated rings. The molecule has 136 valence electrons. The summed E-state index contributed by atoms with van der Waals surface area (Å²) in [7, 11) is 0. The Hall–Kier alpha value is -2.65. The highest BCUT2D eigenvalue weighted by atomic mass is 16.6. The molecule has 0 amide bonds. The Morgan fingerprint density at radius 2 is 1.59 bits per heavy atom. The topological polar surface area (TPSA) is 33.3 Å². The molecule has 27 heavy (non-hydrogen) atoms. The Balaban J connectivity index is 1.73. The van der Waals surface area contributed by atoms with Crippen LogP contribution in [0.4, 0.5) is 0 Å². The predicted molar refractivity (Wildman–Crippen MR) is 105 cm³/mol. The third-order valence-corrected chi connectivity index (χ3v) is 5.87. The lowest BCUT2D eigenvalue weighted by Gasteiger charge is -2.26. The second-order valence-electron chi connectivity index (χ2n) is 7.56. The van der Waals surface area contributed by atoms with Gasteiger partial charge in [-0.1, -0.05) is 42.8 Å². The molecule has 3 heteroatoms. The van der Waals surface area contributed by atoms with E-state index in [2.05, 4.69) is 53.2 Å².